The van der Waals surface area contributed by atoms with E-state index in [4.69, 9.17) is 16.3 Å². The molecule has 0 aromatic heterocycles. The minimum absolute atomic E-state index is 0.0448. The minimum atomic E-state index is -3.86. The maximum absolute atomic E-state index is 12.6. The van der Waals surface area contributed by atoms with Gasteiger partial charge >= 0.3 is 0 Å². The average Bonchev–Trinajstić information content (AvgIpc) is 2.90. The van der Waals surface area contributed by atoms with Crippen LogP contribution in [0.4, 0.5) is 0 Å². The van der Waals surface area contributed by atoms with Crippen molar-refractivity contribution in [3.05, 3.63) is 58.6 Å². The van der Waals surface area contributed by atoms with Gasteiger partial charge in [-0.2, -0.15) is 0 Å². The monoisotopic (exact) mass is 367 g/mol. The van der Waals surface area contributed by atoms with Crippen molar-refractivity contribution in [2.45, 2.75) is 23.3 Å². The molecule has 0 fully saturated rings. The van der Waals surface area contributed by atoms with E-state index in [-0.39, 0.29) is 17.2 Å². The smallest absolute Gasteiger partial charge is 0.244 e. The number of methoxy groups -OCH3 is 1. The van der Waals surface area contributed by atoms with Gasteiger partial charge in [0.25, 0.3) is 0 Å². The van der Waals surface area contributed by atoms with Gasteiger partial charge in [0, 0.05) is 24.4 Å². The third kappa shape index (κ3) is 3.42. The zero-order valence-corrected chi connectivity index (χ0v) is 14.7. The van der Waals surface area contributed by atoms with Gasteiger partial charge in [-0.3, -0.25) is 0 Å². The molecule has 0 heterocycles. The van der Waals surface area contributed by atoms with E-state index in [9.17, 15) is 13.5 Å². The Morgan fingerprint density at radius 3 is 2.42 bits per heavy atom. The molecule has 5 nitrogen and oxygen atoms in total. The summed E-state index contributed by atoms with van der Waals surface area (Å²) < 4.78 is 32.7. The molecule has 1 aliphatic rings. The predicted molar refractivity (Wildman–Crippen MR) is 92.0 cm³/mol. The van der Waals surface area contributed by atoms with Crippen LogP contribution in [-0.2, 0) is 22.9 Å². The largest absolute Gasteiger partial charge is 0.495 e. The van der Waals surface area contributed by atoms with Gasteiger partial charge in [0.1, 0.15) is 10.6 Å². The normalized spacial score (nSPS) is 16.0. The molecule has 0 atom stereocenters. The van der Waals surface area contributed by atoms with Gasteiger partial charge in [-0.15, -0.1) is 0 Å². The van der Waals surface area contributed by atoms with Gasteiger partial charge in [-0.05, 0) is 29.3 Å². The summed E-state index contributed by atoms with van der Waals surface area (Å²) in [5.74, 6) is 0.202. The molecule has 1 aliphatic carbocycles. The summed E-state index contributed by atoms with van der Waals surface area (Å²) in [7, 11) is -2.47. The van der Waals surface area contributed by atoms with Crippen molar-refractivity contribution >= 4 is 21.6 Å². The number of benzene rings is 2. The molecule has 2 aromatic carbocycles. The van der Waals surface area contributed by atoms with Crippen LogP contribution in [0.1, 0.15) is 11.1 Å². The van der Waals surface area contributed by atoms with Crippen LogP contribution in [0.5, 0.6) is 5.75 Å². The van der Waals surface area contributed by atoms with Crippen molar-refractivity contribution in [1.29, 1.82) is 0 Å². The average molecular weight is 368 g/mol. The Morgan fingerprint density at radius 2 is 1.83 bits per heavy atom. The fourth-order valence-corrected chi connectivity index (χ4v) is 4.52. The molecular weight excluding hydrogens is 350 g/mol. The highest BCUT2D eigenvalue weighted by Gasteiger charge is 2.36. The number of hydrogen-bond acceptors (Lipinski definition) is 4. The predicted octanol–water partition coefficient (Wildman–Crippen LogP) is 2.16. The van der Waals surface area contributed by atoms with E-state index in [0.717, 1.165) is 11.1 Å². The van der Waals surface area contributed by atoms with Crippen LogP contribution in [0.3, 0.4) is 0 Å². The molecule has 0 saturated carbocycles. The Hall–Kier alpha value is -1.60. The summed E-state index contributed by atoms with van der Waals surface area (Å²) >= 11 is 5.90. The van der Waals surface area contributed by atoms with Crippen molar-refractivity contribution in [3.8, 4) is 5.75 Å². The number of sulfonamides is 1. The first-order valence-electron chi connectivity index (χ1n) is 7.45. The maximum atomic E-state index is 12.6. The van der Waals surface area contributed by atoms with E-state index in [0.29, 0.717) is 17.9 Å². The van der Waals surface area contributed by atoms with E-state index in [1.54, 1.807) is 6.07 Å². The number of aliphatic hydroxyl groups is 1. The van der Waals surface area contributed by atoms with E-state index in [2.05, 4.69) is 4.72 Å². The first kappa shape index (κ1) is 17.2. The summed E-state index contributed by atoms with van der Waals surface area (Å²) in [5.41, 5.74) is 0.946. The SMILES string of the molecule is COc1ccc(Cl)cc1S(=O)(=O)NCC1(O)Cc2ccccc2C1. The lowest BCUT2D eigenvalue weighted by molar-refractivity contribution is 0.0567. The first-order valence-corrected chi connectivity index (χ1v) is 9.31. The molecule has 128 valence electrons. The van der Waals surface area contributed by atoms with Gasteiger partial charge in [-0.1, -0.05) is 35.9 Å². The van der Waals surface area contributed by atoms with Crippen molar-refractivity contribution in [3.63, 3.8) is 0 Å². The van der Waals surface area contributed by atoms with Crippen LogP contribution in [0.15, 0.2) is 47.4 Å². The molecule has 0 aliphatic heterocycles. The lowest BCUT2D eigenvalue weighted by Crippen LogP contribution is -2.43. The second kappa shape index (κ2) is 6.37. The first-order chi connectivity index (χ1) is 11.3. The second-order valence-corrected chi connectivity index (χ2v) is 8.14. The number of fused-ring (bicyclic) bond motifs is 1. The quantitative estimate of drug-likeness (QED) is 0.849. The third-order valence-corrected chi connectivity index (χ3v) is 5.82. The zero-order valence-electron chi connectivity index (χ0n) is 13.1. The molecule has 0 unspecified atom stereocenters. The van der Waals surface area contributed by atoms with Crippen LogP contribution in [-0.4, -0.2) is 32.8 Å². The van der Waals surface area contributed by atoms with Gasteiger partial charge in [0.05, 0.1) is 12.7 Å². The molecule has 0 spiro atoms. The second-order valence-electron chi connectivity index (χ2n) is 5.97. The van der Waals surface area contributed by atoms with Gasteiger partial charge in [0.2, 0.25) is 10.0 Å². The molecule has 24 heavy (non-hydrogen) atoms. The highest BCUT2D eigenvalue weighted by molar-refractivity contribution is 7.89. The molecule has 0 amide bonds. The Labute approximate surface area is 146 Å². The molecule has 7 heteroatoms. The number of halogens is 1. The van der Waals surface area contributed by atoms with Crippen molar-refractivity contribution in [2.24, 2.45) is 0 Å². The highest BCUT2D eigenvalue weighted by atomic mass is 35.5. The molecule has 2 aromatic rings. The van der Waals surface area contributed by atoms with E-state index >= 15 is 0 Å². The number of ether oxygens (including phenoxy) is 1. The van der Waals surface area contributed by atoms with Crippen molar-refractivity contribution in [2.75, 3.05) is 13.7 Å². The summed E-state index contributed by atoms with van der Waals surface area (Å²) in [6.07, 6.45) is 0.830. The molecule has 2 N–H and O–H groups in total. The summed E-state index contributed by atoms with van der Waals surface area (Å²) in [6.45, 7) is -0.0836. The molecule has 3 rings (SSSR count). The summed E-state index contributed by atoms with van der Waals surface area (Å²) in [4.78, 5) is -0.0448. The molecule has 0 bridgehead atoms. The van der Waals surface area contributed by atoms with E-state index < -0.39 is 15.6 Å². The number of rotatable bonds is 5. The topological polar surface area (TPSA) is 75.6 Å². The van der Waals surface area contributed by atoms with Crippen LogP contribution in [0, 0.1) is 0 Å². The number of hydrogen-bond donors (Lipinski definition) is 2. The third-order valence-electron chi connectivity index (χ3n) is 4.16. The summed E-state index contributed by atoms with van der Waals surface area (Å²) in [5, 5.41) is 11.0. The van der Waals surface area contributed by atoms with E-state index in [1.165, 1.54) is 19.2 Å². The van der Waals surface area contributed by atoms with Crippen molar-refractivity contribution < 1.29 is 18.3 Å². The zero-order chi connectivity index (χ0) is 17.4. The fraction of sp³-hybridized carbons (Fsp3) is 0.294. The lowest BCUT2D eigenvalue weighted by atomic mass is 10.0. The van der Waals surface area contributed by atoms with E-state index in [1.807, 2.05) is 24.3 Å². The van der Waals surface area contributed by atoms with Crippen LogP contribution in [0.25, 0.3) is 0 Å². The maximum Gasteiger partial charge on any atom is 0.244 e. The Morgan fingerprint density at radius 1 is 1.21 bits per heavy atom. The number of nitrogens with one attached hydrogen (secondary N) is 1. The Kier molecular flexibility index (Phi) is 4.57. The van der Waals surface area contributed by atoms with Gasteiger partial charge in [-0.25, -0.2) is 13.1 Å². The highest BCUT2D eigenvalue weighted by Crippen LogP contribution is 2.31. The standard InChI is InChI=1S/C17H18ClNO4S/c1-23-15-7-6-14(18)8-16(15)24(21,22)19-11-17(20)9-12-4-2-3-5-13(12)10-17/h2-8,19-20H,9-11H2,1H3. The van der Waals surface area contributed by atoms with Gasteiger partial charge in [0.15, 0.2) is 0 Å². The minimum Gasteiger partial charge on any atom is -0.495 e. The van der Waals surface area contributed by atoms with Gasteiger partial charge < -0.3 is 9.84 Å². The summed E-state index contributed by atoms with van der Waals surface area (Å²) in [6, 6.07) is 12.1. The fourth-order valence-electron chi connectivity index (χ4n) is 2.97. The van der Waals surface area contributed by atoms with Crippen LogP contribution >= 0.6 is 11.6 Å². The molecule has 0 saturated heterocycles. The lowest BCUT2D eigenvalue weighted by Gasteiger charge is -2.23. The molecular formula is C17H18ClNO4S. The van der Waals surface area contributed by atoms with Crippen LogP contribution < -0.4 is 9.46 Å². The Balaban J connectivity index is 1.78. The molecule has 0 radical (unpaired) electrons. The van der Waals surface area contributed by atoms with Crippen molar-refractivity contribution in [1.82, 2.24) is 4.72 Å². The van der Waals surface area contributed by atoms with Crippen LogP contribution in [0.2, 0.25) is 5.02 Å². The Bertz CT molecular complexity index is 842.